The van der Waals surface area contributed by atoms with Crippen molar-refractivity contribution in [2.45, 2.75) is 63.6 Å². The van der Waals surface area contributed by atoms with Crippen LogP contribution in [0, 0.1) is 28.6 Å². The van der Waals surface area contributed by atoms with Gasteiger partial charge in [-0.15, -0.1) is 0 Å². The maximum Gasteiger partial charge on any atom is 0.155 e. The molecule has 0 saturated heterocycles. The van der Waals surface area contributed by atoms with Crippen molar-refractivity contribution >= 4 is 27.5 Å². The molecule has 120 valence electrons. The molecule has 0 aromatic rings. The molecular weight excluding hydrogens is 340 g/mol. The fourth-order valence-electron chi connectivity index (χ4n) is 6.33. The average Bonchev–Trinajstić information content (AvgIpc) is 2.77. The fourth-order valence-corrected chi connectivity index (χ4v) is 7.42. The number of fused-ring (bicyclic) bond motifs is 5. The van der Waals surface area contributed by atoms with Gasteiger partial charge in [0.25, 0.3) is 0 Å². The maximum atomic E-state index is 12.4. The lowest BCUT2D eigenvalue weighted by Crippen LogP contribution is -2.53. The van der Waals surface area contributed by atoms with Crippen molar-refractivity contribution in [2.24, 2.45) is 28.6 Å². The zero-order valence-corrected chi connectivity index (χ0v) is 15.1. The van der Waals surface area contributed by atoms with Gasteiger partial charge in [0, 0.05) is 23.1 Å². The molecule has 3 heteroatoms. The summed E-state index contributed by atoms with van der Waals surface area (Å²) in [6, 6.07) is 0. The number of allylic oxidation sites excluding steroid dienone is 1. The minimum absolute atomic E-state index is 0.0596. The maximum absolute atomic E-state index is 12.4. The SMILES string of the molecule is C[C@]12CCC(=O)C=C1[C@H](Br)CC1C2CC[C@]2(C)C(=O)CCC12. The minimum Gasteiger partial charge on any atom is -0.299 e. The summed E-state index contributed by atoms with van der Waals surface area (Å²) in [5.41, 5.74) is 1.45. The molecule has 4 aliphatic carbocycles. The lowest BCUT2D eigenvalue weighted by Gasteiger charge is -2.58. The molecule has 0 amide bonds. The quantitative estimate of drug-likeness (QED) is 0.594. The zero-order valence-electron chi connectivity index (χ0n) is 13.5. The monoisotopic (exact) mass is 364 g/mol. The van der Waals surface area contributed by atoms with E-state index in [1.165, 1.54) is 5.57 Å². The molecule has 0 N–H and O–H groups in total. The lowest BCUT2D eigenvalue weighted by molar-refractivity contribution is -0.132. The molecule has 4 aliphatic rings. The summed E-state index contributed by atoms with van der Waals surface area (Å²) in [7, 11) is 0. The van der Waals surface area contributed by atoms with Crippen molar-refractivity contribution in [1.82, 2.24) is 0 Å². The molecule has 0 aromatic carbocycles. The van der Waals surface area contributed by atoms with E-state index in [1.807, 2.05) is 6.08 Å². The highest BCUT2D eigenvalue weighted by Gasteiger charge is 2.60. The van der Waals surface area contributed by atoms with Gasteiger partial charge in [0.1, 0.15) is 5.78 Å². The summed E-state index contributed by atoms with van der Waals surface area (Å²) in [4.78, 5) is 24.6. The molecule has 3 fully saturated rings. The Labute approximate surface area is 141 Å². The standard InChI is InChI=1S/C19H25BrO2/c1-18-7-5-11(21)9-15(18)16(20)10-12-13-3-4-17(22)19(13,2)8-6-14(12)18/h9,12-14,16H,3-8,10H2,1-2H3/t12?,13?,14?,16-,18-,19+/m1/s1. The first kappa shape index (κ1) is 15.1. The molecule has 0 aromatic heterocycles. The molecule has 4 rings (SSSR count). The topological polar surface area (TPSA) is 34.1 Å². The van der Waals surface area contributed by atoms with Crippen LogP contribution in [-0.4, -0.2) is 16.4 Å². The van der Waals surface area contributed by atoms with Gasteiger partial charge in [-0.2, -0.15) is 0 Å². The van der Waals surface area contributed by atoms with Crippen LogP contribution in [0.1, 0.15) is 58.8 Å². The summed E-state index contributed by atoms with van der Waals surface area (Å²) in [6.45, 7) is 4.61. The molecule has 0 aliphatic heterocycles. The molecular formula is C19H25BrO2. The lowest BCUT2D eigenvalue weighted by atomic mass is 9.47. The van der Waals surface area contributed by atoms with Gasteiger partial charge in [0.15, 0.2) is 5.78 Å². The van der Waals surface area contributed by atoms with Crippen molar-refractivity contribution in [2.75, 3.05) is 0 Å². The summed E-state index contributed by atoms with van der Waals surface area (Å²) in [6.07, 6.45) is 8.83. The number of ketones is 2. The summed E-state index contributed by atoms with van der Waals surface area (Å²) in [5, 5.41) is 0. The van der Waals surface area contributed by atoms with E-state index in [0.717, 1.165) is 38.5 Å². The van der Waals surface area contributed by atoms with Gasteiger partial charge in [-0.05, 0) is 66.9 Å². The van der Waals surface area contributed by atoms with Gasteiger partial charge >= 0.3 is 0 Å². The van der Waals surface area contributed by atoms with Crippen LogP contribution < -0.4 is 0 Å². The van der Waals surface area contributed by atoms with E-state index in [4.69, 9.17) is 0 Å². The van der Waals surface area contributed by atoms with Crippen LogP contribution in [0.15, 0.2) is 11.6 Å². The first-order valence-corrected chi connectivity index (χ1v) is 9.70. The Kier molecular flexibility index (Phi) is 3.28. The van der Waals surface area contributed by atoms with Crippen LogP contribution in [-0.2, 0) is 9.59 Å². The highest BCUT2D eigenvalue weighted by atomic mass is 79.9. The average molecular weight is 365 g/mol. The third-order valence-electron chi connectivity index (χ3n) is 7.65. The largest absolute Gasteiger partial charge is 0.299 e. The van der Waals surface area contributed by atoms with E-state index in [-0.39, 0.29) is 10.8 Å². The van der Waals surface area contributed by atoms with E-state index >= 15 is 0 Å². The molecule has 0 spiro atoms. The molecule has 2 nitrogen and oxygen atoms in total. The van der Waals surface area contributed by atoms with Gasteiger partial charge in [-0.3, -0.25) is 9.59 Å². The molecule has 0 bridgehead atoms. The Morgan fingerprint density at radius 3 is 2.55 bits per heavy atom. The summed E-state index contributed by atoms with van der Waals surface area (Å²) in [5.74, 6) is 2.67. The number of rotatable bonds is 0. The molecule has 22 heavy (non-hydrogen) atoms. The molecule has 0 heterocycles. The number of hydrogen-bond donors (Lipinski definition) is 0. The van der Waals surface area contributed by atoms with Gasteiger partial charge in [-0.1, -0.05) is 29.8 Å². The zero-order chi connectivity index (χ0) is 15.7. The second-order valence-corrected chi connectivity index (χ2v) is 9.59. The fraction of sp³-hybridized carbons (Fsp3) is 0.789. The highest BCUT2D eigenvalue weighted by molar-refractivity contribution is 9.09. The minimum atomic E-state index is -0.0596. The number of halogens is 1. The van der Waals surface area contributed by atoms with Crippen LogP contribution in [0.25, 0.3) is 0 Å². The Hall–Kier alpha value is -0.440. The van der Waals surface area contributed by atoms with Crippen LogP contribution >= 0.6 is 15.9 Å². The highest BCUT2D eigenvalue weighted by Crippen LogP contribution is 2.65. The van der Waals surface area contributed by atoms with Crippen molar-refractivity contribution in [3.63, 3.8) is 0 Å². The number of alkyl halides is 1. The first-order chi connectivity index (χ1) is 10.4. The third kappa shape index (κ3) is 1.84. The first-order valence-electron chi connectivity index (χ1n) is 8.78. The van der Waals surface area contributed by atoms with Gasteiger partial charge in [-0.25, -0.2) is 0 Å². The molecule has 0 radical (unpaired) electrons. The van der Waals surface area contributed by atoms with Gasteiger partial charge in [0.05, 0.1) is 0 Å². The van der Waals surface area contributed by atoms with Crippen LogP contribution in [0.5, 0.6) is 0 Å². The summed E-state index contributed by atoms with van der Waals surface area (Å²) >= 11 is 3.88. The molecule has 3 unspecified atom stereocenters. The van der Waals surface area contributed by atoms with Crippen LogP contribution in [0.4, 0.5) is 0 Å². The second-order valence-electron chi connectivity index (χ2n) is 8.48. The Bertz CT molecular complexity index is 580. The normalized spacial score (nSPS) is 51.0. The number of carbonyl (C=O) groups is 2. The Morgan fingerprint density at radius 2 is 1.77 bits per heavy atom. The number of Topliss-reactive ketones (excluding diaryl/α,β-unsaturated/α-hetero) is 1. The molecule has 3 saturated carbocycles. The Balaban J connectivity index is 1.74. The van der Waals surface area contributed by atoms with Crippen molar-refractivity contribution in [1.29, 1.82) is 0 Å². The van der Waals surface area contributed by atoms with E-state index < -0.39 is 0 Å². The second kappa shape index (κ2) is 4.78. The van der Waals surface area contributed by atoms with Gasteiger partial charge in [0.2, 0.25) is 0 Å². The van der Waals surface area contributed by atoms with Crippen LogP contribution in [0.3, 0.4) is 0 Å². The number of carbonyl (C=O) groups excluding carboxylic acids is 2. The van der Waals surface area contributed by atoms with Crippen molar-refractivity contribution < 1.29 is 9.59 Å². The number of hydrogen-bond acceptors (Lipinski definition) is 2. The predicted molar refractivity (Wildman–Crippen MR) is 89.8 cm³/mol. The summed E-state index contributed by atoms with van der Waals surface area (Å²) < 4.78 is 0. The van der Waals surface area contributed by atoms with Crippen LogP contribution in [0.2, 0.25) is 0 Å². The molecule has 6 atom stereocenters. The third-order valence-corrected chi connectivity index (χ3v) is 8.51. The van der Waals surface area contributed by atoms with Gasteiger partial charge < -0.3 is 0 Å². The smallest absolute Gasteiger partial charge is 0.155 e. The van der Waals surface area contributed by atoms with E-state index in [9.17, 15) is 9.59 Å². The van der Waals surface area contributed by atoms with Crippen molar-refractivity contribution in [3.8, 4) is 0 Å². The van der Waals surface area contributed by atoms with Crippen molar-refractivity contribution in [3.05, 3.63) is 11.6 Å². The van der Waals surface area contributed by atoms with E-state index in [1.54, 1.807) is 0 Å². The van der Waals surface area contributed by atoms with E-state index in [0.29, 0.717) is 40.6 Å². The van der Waals surface area contributed by atoms with E-state index in [2.05, 4.69) is 29.8 Å². The predicted octanol–water partition coefficient (Wildman–Crippen LogP) is 4.46. The Morgan fingerprint density at radius 1 is 1.05 bits per heavy atom.